The van der Waals surface area contributed by atoms with Crippen molar-refractivity contribution in [2.75, 3.05) is 24.6 Å². The summed E-state index contributed by atoms with van der Waals surface area (Å²) in [6.45, 7) is 4.38. The van der Waals surface area contributed by atoms with Gasteiger partial charge in [-0.15, -0.1) is 0 Å². The minimum Gasteiger partial charge on any atom is -0.479 e. The molecule has 0 N–H and O–H groups in total. The van der Waals surface area contributed by atoms with Gasteiger partial charge in [0.1, 0.15) is 5.75 Å². The van der Waals surface area contributed by atoms with Gasteiger partial charge in [0, 0.05) is 19.6 Å². The number of benzene rings is 2. The Labute approximate surface area is 176 Å². The molecule has 1 unspecified atom stereocenters. The molecule has 30 heavy (non-hydrogen) atoms. The first kappa shape index (κ1) is 21.4. The van der Waals surface area contributed by atoms with Gasteiger partial charge in [-0.05, 0) is 31.5 Å². The summed E-state index contributed by atoms with van der Waals surface area (Å²) in [5.41, 5.74) is 1.64. The lowest BCUT2D eigenvalue weighted by Gasteiger charge is -2.32. The van der Waals surface area contributed by atoms with Gasteiger partial charge in [-0.25, -0.2) is 0 Å². The maximum atomic E-state index is 12.5. The normalized spacial score (nSPS) is 15.2. The Morgan fingerprint density at radius 3 is 2.53 bits per heavy atom. The van der Waals surface area contributed by atoms with Crippen LogP contribution in [0.15, 0.2) is 54.6 Å². The summed E-state index contributed by atoms with van der Waals surface area (Å²) >= 11 is 0. The van der Waals surface area contributed by atoms with E-state index in [9.17, 15) is 14.4 Å². The third kappa shape index (κ3) is 5.17. The molecule has 0 saturated heterocycles. The Bertz CT molecular complexity index is 899. The highest BCUT2D eigenvalue weighted by Gasteiger charge is 2.31. The molecule has 1 aliphatic rings. The number of hydrogen-bond donors (Lipinski definition) is 0. The van der Waals surface area contributed by atoms with Crippen LogP contribution in [0.1, 0.15) is 25.8 Å². The minimum absolute atomic E-state index is 0.00904. The lowest BCUT2D eigenvalue weighted by molar-refractivity contribution is -0.152. The van der Waals surface area contributed by atoms with Crippen LogP contribution in [-0.2, 0) is 25.7 Å². The molecule has 0 aromatic heterocycles. The van der Waals surface area contributed by atoms with Gasteiger partial charge in [-0.2, -0.15) is 0 Å². The predicted molar refractivity (Wildman–Crippen MR) is 112 cm³/mol. The second-order valence-electron chi connectivity index (χ2n) is 7.02. The number of anilines is 1. The number of rotatable bonds is 8. The SMILES string of the molecule is CCN(Cc1ccccc1)C(=O)COC(=O)CCN1C(=O)C(C)Oc2ccccc21. The van der Waals surface area contributed by atoms with Crippen molar-refractivity contribution in [2.45, 2.75) is 32.9 Å². The zero-order valence-electron chi connectivity index (χ0n) is 17.2. The number of likely N-dealkylation sites (N-methyl/N-ethyl adjacent to an activating group) is 1. The molecular weight excluding hydrogens is 384 g/mol. The summed E-state index contributed by atoms with van der Waals surface area (Å²) in [4.78, 5) is 40.2. The van der Waals surface area contributed by atoms with E-state index in [1.165, 1.54) is 4.90 Å². The Morgan fingerprint density at radius 2 is 1.80 bits per heavy atom. The molecule has 3 rings (SSSR count). The van der Waals surface area contributed by atoms with Gasteiger partial charge in [0.25, 0.3) is 11.8 Å². The van der Waals surface area contributed by atoms with Crippen LogP contribution in [-0.4, -0.2) is 48.5 Å². The second kappa shape index (κ2) is 9.91. The van der Waals surface area contributed by atoms with Crippen molar-refractivity contribution in [3.63, 3.8) is 0 Å². The summed E-state index contributed by atoms with van der Waals surface area (Å²) in [6.07, 6.45) is -0.626. The molecular formula is C23H26N2O5. The molecule has 1 heterocycles. The summed E-state index contributed by atoms with van der Waals surface area (Å²) in [6, 6.07) is 16.8. The summed E-state index contributed by atoms with van der Waals surface area (Å²) < 4.78 is 10.8. The zero-order chi connectivity index (χ0) is 21.5. The molecule has 1 atom stereocenters. The standard InChI is InChI=1S/C23H26N2O5/c1-3-24(15-18-9-5-4-6-10-18)21(26)16-29-22(27)13-14-25-19-11-7-8-12-20(19)30-17(2)23(25)28/h4-12,17H,3,13-16H2,1-2H3. The van der Waals surface area contributed by atoms with E-state index in [0.29, 0.717) is 24.5 Å². The topological polar surface area (TPSA) is 76.2 Å². The number of fused-ring (bicyclic) bond motifs is 1. The summed E-state index contributed by atoms with van der Waals surface area (Å²) in [5.74, 6) is -0.384. The van der Waals surface area contributed by atoms with Gasteiger partial charge in [0.05, 0.1) is 12.1 Å². The van der Waals surface area contributed by atoms with Crippen molar-refractivity contribution in [1.29, 1.82) is 0 Å². The Balaban J connectivity index is 1.51. The van der Waals surface area contributed by atoms with E-state index in [4.69, 9.17) is 9.47 Å². The van der Waals surface area contributed by atoms with Crippen LogP contribution in [0.5, 0.6) is 5.75 Å². The highest BCUT2D eigenvalue weighted by Crippen LogP contribution is 2.33. The van der Waals surface area contributed by atoms with Crippen molar-refractivity contribution >= 4 is 23.5 Å². The highest BCUT2D eigenvalue weighted by molar-refractivity contribution is 6.00. The summed E-state index contributed by atoms with van der Waals surface area (Å²) in [5, 5.41) is 0. The Hall–Kier alpha value is -3.35. The lowest BCUT2D eigenvalue weighted by atomic mass is 10.2. The zero-order valence-corrected chi connectivity index (χ0v) is 17.2. The monoisotopic (exact) mass is 410 g/mol. The smallest absolute Gasteiger partial charge is 0.308 e. The predicted octanol–water partition coefficient (Wildman–Crippen LogP) is 2.78. The number of carbonyl (C=O) groups excluding carboxylic acids is 3. The molecule has 7 nitrogen and oxygen atoms in total. The van der Waals surface area contributed by atoms with Gasteiger partial charge in [-0.3, -0.25) is 14.4 Å². The third-order valence-electron chi connectivity index (χ3n) is 4.92. The maximum absolute atomic E-state index is 12.5. The lowest BCUT2D eigenvalue weighted by Crippen LogP contribution is -2.45. The summed E-state index contributed by atoms with van der Waals surface area (Å²) in [7, 11) is 0. The van der Waals surface area contributed by atoms with E-state index in [0.717, 1.165) is 5.56 Å². The average Bonchev–Trinajstić information content (AvgIpc) is 2.76. The van der Waals surface area contributed by atoms with Crippen LogP contribution < -0.4 is 9.64 Å². The molecule has 0 aliphatic carbocycles. The fraction of sp³-hybridized carbons (Fsp3) is 0.348. The number of esters is 1. The number of ether oxygens (including phenoxy) is 2. The molecule has 0 bridgehead atoms. The van der Waals surface area contributed by atoms with Gasteiger partial charge in [0.15, 0.2) is 12.7 Å². The number of nitrogens with zero attached hydrogens (tertiary/aromatic N) is 2. The van der Waals surface area contributed by atoms with Crippen LogP contribution in [0, 0.1) is 0 Å². The van der Waals surface area contributed by atoms with Crippen molar-refractivity contribution in [1.82, 2.24) is 4.90 Å². The molecule has 2 amide bonds. The minimum atomic E-state index is -0.617. The molecule has 2 aromatic rings. The van der Waals surface area contributed by atoms with E-state index in [1.54, 1.807) is 24.0 Å². The molecule has 1 aliphatic heterocycles. The first-order chi connectivity index (χ1) is 14.5. The maximum Gasteiger partial charge on any atom is 0.308 e. The second-order valence-corrected chi connectivity index (χ2v) is 7.02. The van der Waals surface area contributed by atoms with E-state index < -0.39 is 12.1 Å². The number of amides is 2. The van der Waals surface area contributed by atoms with Crippen LogP contribution in [0.3, 0.4) is 0 Å². The van der Waals surface area contributed by atoms with E-state index in [1.807, 2.05) is 49.4 Å². The Morgan fingerprint density at radius 1 is 1.10 bits per heavy atom. The van der Waals surface area contributed by atoms with Crippen molar-refractivity contribution in [3.8, 4) is 5.75 Å². The largest absolute Gasteiger partial charge is 0.479 e. The highest BCUT2D eigenvalue weighted by atomic mass is 16.5. The quantitative estimate of drug-likeness (QED) is 0.626. The fourth-order valence-corrected chi connectivity index (χ4v) is 3.28. The van der Waals surface area contributed by atoms with Gasteiger partial charge >= 0.3 is 5.97 Å². The van der Waals surface area contributed by atoms with Gasteiger partial charge in [0.2, 0.25) is 0 Å². The Kier molecular flexibility index (Phi) is 7.06. The van der Waals surface area contributed by atoms with E-state index in [2.05, 4.69) is 0 Å². The molecule has 7 heteroatoms. The molecule has 158 valence electrons. The van der Waals surface area contributed by atoms with Crippen molar-refractivity contribution in [3.05, 3.63) is 60.2 Å². The third-order valence-corrected chi connectivity index (χ3v) is 4.92. The van der Waals surface area contributed by atoms with Gasteiger partial charge < -0.3 is 19.3 Å². The van der Waals surface area contributed by atoms with Crippen LogP contribution in [0.4, 0.5) is 5.69 Å². The molecule has 0 fully saturated rings. The molecule has 0 spiro atoms. The number of carbonyl (C=O) groups is 3. The molecule has 2 aromatic carbocycles. The van der Waals surface area contributed by atoms with Crippen molar-refractivity contribution < 1.29 is 23.9 Å². The molecule has 0 saturated carbocycles. The van der Waals surface area contributed by atoms with Crippen LogP contribution >= 0.6 is 0 Å². The number of hydrogen-bond acceptors (Lipinski definition) is 5. The first-order valence-electron chi connectivity index (χ1n) is 10.0. The average molecular weight is 410 g/mol. The van der Waals surface area contributed by atoms with E-state index >= 15 is 0 Å². The van der Waals surface area contributed by atoms with Crippen LogP contribution in [0.25, 0.3) is 0 Å². The molecule has 0 radical (unpaired) electrons. The van der Waals surface area contributed by atoms with Crippen LogP contribution in [0.2, 0.25) is 0 Å². The fourth-order valence-electron chi connectivity index (χ4n) is 3.28. The van der Waals surface area contributed by atoms with E-state index in [-0.39, 0.29) is 31.4 Å². The number of para-hydroxylation sites is 2. The first-order valence-corrected chi connectivity index (χ1v) is 10.0. The van der Waals surface area contributed by atoms with Gasteiger partial charge in [-0.1, -0.05) is 42.5 Å². The van der Waals surface area contributed by atoms with Crippen molar-refractivity contribution in [2.24, 2.45) is 0 Å².